The normalized spacial score (nSPS) is 26.1. The van der Waals surface area contributed by atoms with Gasteiger partial charge in [-0.15, -0.1) is 0 Å². The van der Waals surface area contributed by atoms with Crippen molar-refractivity contribution in [1.82, 2.24) is 0 Å². The third-order valence-electron chi connectivity index (χ3n) is 2.59. The third-order valence-corrected chi connectivity index (χ3v) is 10.0. The summed E-state index contributed by atoms with van der Waals surface area (Å²) in [6.07, 6.45) is 4.43. The van der Waals surface area contributed by atoms with E-state index in [0.717, 1.165) is 12.0 Å². The average molecular weight is 334 g/mol. The van der Waals surface area contributed by atoms with E-state index in [4.69, 9.17) is 28.5 Å². The Morgan fingerprint density at radius 1 is 1.12 bits per heavy atom. The minimum absolute atomic E-state index is 0.0577. The first-order valence-corrected chi connectivity index (χ1v) is 13.1. The van der Waals surface area contributed by atoms with Gasteiger partial charge in [0, 0.05) is 0 Å². The molecule has 0 fully saturated rings. The molecule has 92 valence electrons. The van der Waals surface area contributed by atoms with Gasteiger partial charge in [-0.2, -0.15) is 0 Å². The maximum absolute atomic E-state index is 6.45. The summed E-state index contributed by atoms with van der Waals surface area (Å²) < 4.78 is 11.0. The van der Waals surface area contributed by atoms with E-state index in [-0.39, 0.29) is 4.75 Å². The summed E-state index contributed by atoms with van der Waals surface area (Å²) in [5, 5.41) is 0. The van der Waals surface area contributed by atoms with Crippen molar-refractivity contribution in [2.75, 3.05) is 13.2 Å². The molecule has 0 saturated heterocycles. The van der Waals surface area contributed by atoms with Crippen molar-refractivity contribution >= 4 is 31.8 Å². The van der Waals surface area contributed by atoms with Gasteiger partial charge in [0.25, 0.3) is 0 Å². The summed E-state index contributed by atoms with van der Waals surface area (Å²) in [6, 6.07) is 9.95. The monoisotopic (exact) mass is 334 g/mol. The molecule has 1 unspecified atom stereocenters. The van der Waals surface area contributed by atoms with Crippen molar-refractivity contribution < 1.29 is 8.50 Å². The first-order valence-electron chi connectivity index (χ1n) is 5.55. The quantitative estimate of drug-likeness (QED) is 0.730. The molecule has 2 nitrogen and oxygen atoms in total. The Kier molecular flexibility index (Phi) is 4.80. The molecule has 0 N–H and O–H groups in total. The van der Waals surface area contributed by atoms with E-state index in [9.17, 15) is 0 Å². The van der Waals surface area contributed by atoms with Gasteiger partial charge < -0.3 is 0 Å². The van der Waals surface area contributed by atoms with Crippen LogP contribution in [0.25, 0.3) is 0 Å². The standard InChI is InChI=1S/C12H14Cl2GeO2/c13-15(14)12(11-5-2-1-3-6-11)7-10-16-8-4-9-17-15/h1-3,5-7,10,12H,4,8-9H2/b10-7-. The Morgan fingerprint density at radius 3 is 2.65 bits per heavy atom. The molecule has 1 aliphatic rings. The molecule has 1 atom stereocenters. The van der Waals surface area contributed by atoms with Crippen LogP contribution in [0.15, 0.2) is 42.7 Å². The van der Waals surface area contributed by atoms with Crippen LogP contribution >= 0.6 is 20.0 Å². The zero-order chi connectivity index (χ0) is 12.1. The third kappa shape index (κ3) is 3.65. The fraction of sp³-hybridized carbons (Fsp3) is 0.333. The Balaban J connectivity index is 2.28. The van der Waals surface area contributed by atoms with E-state index in [1.165, 1.54) is 0 Å². The summed E-state index contributed by atoms with van der Waals surface area (Å²) in [5.41, 5.74) is 1.08. The van der Waals surface area contributed by atoms with Crippen LogP contribution < -0.4 is 0 Å². The molecule has 0 spiro atoms. The number of halogens is 2. The molecule has 0 radical (unpaired) electrons. The van der Waals surface area contributed by atoms with Gasteiger partial charge in [-0.25, -0.2) is 0 Å². The fourth-order valence-electron chi connectivity index (χ4n) is 1.72. The molecule has 0 amide bonds. The van der Waals surface area contributed by atoms with Crippen LogP contribution in [0.4, 0.5) is 0 Å². The van der Waals surface area contributed by atoms with Crippen LogP contribution in [0.3, 0.4) is 0 Å². The SMILES string of the molecule is [Cl][Ge]1([Cl])[O]CCCO/C=C\[CH]1c1ccccc1. The summed E-state index contributed by atoms with van der Waals surface area (Å²) >= 11 is -3.34. The van der Waals surface area contributed by atoms with Crippen molar-refractivity contribution in [1.29, 1.82) is 0 Å². The number of ether oxygens (including phenoxy) is 1. The van der Waals surface area contributed by atoms with Gasteiger partial charge in [0.05, 0.1) is 0 Å². The number of hydrogen-bond acceptors (Lipinski definition) is 2. The number of rotatable bonds is 1. The zero-order valence-corrected chi connectivity index (χ0v) is 12.9. The molecule has 0 saturated carbocycles. The zero-order valence-electron chi connectivity index (χ0n) is 9.31. The molecule has 17 heavy (non-hydrogen) atoms. The Bertz CT molecular complexity index is 381. The number of hydrogen-bond donors (Lipinski definition) is 0. The maximum atomic E-state index is 6.45. The number of allylic oxidation sites excluding steroid dienone is 1. The molecule has 0 aromatic heterocycles. The van der Waals surface area contributed by atoms with E-state index in [1.54, 1.807) is 6.26 Å². The summed E-state index contributed by atoms with van der Waals surface area (Å²) in [5.74, 6) is 0. The van der Waals surface area contributed by atoms with E-state index in [2.05, 4.69) is 0 Å². The second-order valence-electron chi connectivity index (χ2n) is 3.85. The van der Waals surface area contributed by atoms with E-state index >= 15 is 0 Å². The van der Waals surface area contributed by atoms with Crippen molar-refractivity contribution in [2.24, 2.45) is 0 Å². The van der Waals surface area contributed by atoms with Gasteiger partial charge >= 0.3 is 113 Å². The summed E-state index contributed by atoms with van der Waals surface area (Å²) in [7, 11) is 12.9. The molecule has 2 rings (SSSR count). The van der Waals surface area contributed by atoms with Gasteiger partial charge in [0.15, 0.2) is 0 Å². The predicted octanol–water partition coefficient (Wildman–Crippen LogP) is 3.68. The van der Waals surface area contributed by atoms with E-state index in [0.29, 0.717) is 13.2 Å². The average Bonchev–Trinajstić information content (AvgIpc) is 2.40. The van der Waals surface area contributed by atoms with Crippen LogP contribution in [0.1, 0.15) is 16.7 Å². The first kappa shape index (κ1) is 13.3. The van der Waals surface area contributed by atoms with E-state index < -0.39 is 11.7 Å². The Hall–Kier alpha value is -0.157. The van der Waals surface area contributed by atoms with Gasteiger partial charge in [-0.1, -0.05) is 0 Å². The molecule has 1 heterocycles. The van der Waals surface area contributed by atoms with Crippen molar-refractivity contribution in [3.05, 3.63) is 48.2 Å². The second kappa shape index (κ2) is 6.14. The molecule has 1 aromatic rings. The van der Waals surface area contributed by atoms with Crippen LogP contribution in [0.2, 0.25) is 0 Å². The van der Waals surface area contributed by atoms with Crippen molar-refractivity contribution in [2.45, 2.75) is 11.2 Å². The number of benzene rings is 1. The Labute approximate surface area is 113 Å². The van der Waals surface area contributed by atoms with Crippen LogP contribution in [-0.2, 0) is 8.50 Å². The van der Waals surface area contributed by atoms with Crippen LogP contribution in [0, 0.1) is 0 Å². The van der Waals surface area contributed by atoms with Crippen LogP contribution in [0.5, 0.6) is 0 Å². The molecular formula is C12H14Cl2GeO2. The molecule has 0 bridgehead atoms. The predicted molar refractivity (Wildman–Crippen MR) is 72.3 cm³/mol. The first-order chi connectivity index (χ1) is 8.20. The topological polar surface area (TPSA) is 18.5 Å². The molecule has 1 aliphatic heterocycles. The fourth-order valence-corrected chi connectivity index (χ4v) is 7.69. The van der Waals surface area contributed by atoms with Crippen molar-refractivity contribution in [3.63, 3.8) is 0 Å². The molecule has 1 aromatic carbocycles. The van der Waals surface area contributed by atoms with Gasteiger partial charge in [-0.05, 0) is 0 Å². The van der Waals surface area contributed by atoms with Crippen molar-refractivity contribution in [3.8, 4) is 0 Å². The Morgan fingerprint density at radius 2 is 1.88 bits per heavy atom. The summed E-state index contributed by atoms with van der Waals surface area (Å²) in [6.45, 7) is 1.21. The molecule has 0 aliphatic carbocycles. The van der Waals surface area contributed by atoms with Crippen LogP contribution in [-0.4, -0.2) is 25.0 Å². The minimum atomic E-state index is -3.34. The van der Waals surface area contributed by atoms with Gasteiger partial charge in [-0.3, -0.25) is 0 Å². The van der Waals surface area contributed by atoms with Gasteiger partial charge in [0.1, 0.15) is 0 Å². The molecular weight excluding hydrogens is 320 g/mol. The molecule has 5 heteroatoms. The second-order valence-corrected chi connectivity index (χ2v) is 15.0. The van der Waals surface area contributed by atoms with E-state index in [1.807, 2.05) is 36.4 Å². The summed E-state index contributed by atoms with van der Waals surface area (Å²) in [4.78, 5) is 0. The van der Waals surface area contributed by atoms with Gasteiger partial charge in [0.2, 0.25) is 0 Å².